The smallest absolute Gasteiger partial charge is 0.226 e. The van der Waals surface area contributed by atoms with Crippen molar-refractivity contribution in [3.63, 3.8) is 0 Å². The molecule has 0 saturated heterocycles. The van der Waals surface area contributed by atoms with Gasteiger partial charge in [0, 0.05) is 13.1 Å². The van der Waals surface area contributed by atoms with Crippen molar-refractivity contribution in [2.45, 2.75) is 46.0 Å². The van der Waals surface area contributed by atoms with Crippen LogP contribution in [0, 0.1) is 5.41 Å². The monoisotopic (exact) mass is 304 g/mol. The van der Waals surface area contributed by atoms with Gasteiger partial charge in [-0.2, -0.15) is 4.98 Å². The van der Waals surface area contributed by atoms with E-state index >= 15 is 0 Å². The number of fused-ring (bicyclic) bond motifs is 1. The summed E-state index contributed by atoms with van der Waals surface area (Å²) in [6.45, 7) is 6.45. The van der Waals surface area contributed by atoms with Crippen LogP contribution in [-0.4, -0.2) is 23.1 Å². The summed E-state index contributed by atoms with van der Waals surface area (Å²) in [6, 6.07) is 2.11. The lowest BCUT2D eigenvalue weighted by Crippen LogP contribution is -2.23. The molecule has 4 nitrogen and oxygen atoms in total. The number of nitrogens with zero attached hydrogens (tertiary/aromatic N) is 2. The van der Waals surface area contributed by atoms with Crippen LogP contribution in [-0.2, 0) is 0 Å². The van der Waals surface area contributed by atoms with Crippen LogP contribution in [0.15, 0.2) is 11.4 Å². The molecule has 0 bridgehead atoms. The molecule has 1 aliphatic carbocycles. The van der Waals surface area contributed by atoms with Gasteiger partial charge in [-0.3, -0.25) is 0 Å². The highest BCUT2D eigenvalue weighted by Crippen LogP contribution is 2.38. The summed E-state index contributed by atoms with van der Waals surface area (Å²) in [7, 11) is 0. The zero-order valence-electron chi connectivity index (χ0n) is 12.9. The van der Waals surface area contributed by atoms with Crippen molar-refractivity contribution in [2.75, 3.05) is 23.7 Å². The molecular formula is C16H24N4S. The standard InChI is InChI=1S/C16H24N4S/c1-3-9-17-15-19-13(12-6-10-21-14(12)20-15)18-11-16(2)7-4-5-8-16/h6,10H,3-5,7-9,11H2,1-2H3,(H2,17,18,19,20). The third kappa shape index (κ3) is 3.28. The topological polar surface area (TPSA) is 49.8 Å². The van der Waals surface area contributed by atoms with Crippen molar-refractivity contribution < 1.29 is 0 Å². The van der Waals surface area contributed by atoms with Crippen molar-refractivity contribution >= 4 is 33.3 Å². The van der Waals surface area contributed by atoms with E-state index in [1.807, 2.05) is 0 Å². The Balaban J connectivity index is 1.80. The fraction of sp³-hybridized carbons (Fsp3) is 0.625. The molecule has 0 atom stereocenters. The average Bonchev–Trinajstić information content (AvgIpc) is 3.12. The van der Waals surface area contributed by atoms with Gasteiger partial charge in [0.1, 0.15) is 10.6 Å². The minimum absolute atomic E-state index is 0.421. The average molecular weight is 304 g/mol. The van der Waals surface area contributed by atoms with Crippen LogP contribution in [0.3, 0.4) is 0 Å². The Morgan fingerprint density at radius 3 is 2.81 bits per heavy atom. The van der Waals surface area contributed by atoms with Crippen LogP contribution in [0.1, 0.15) is 46.0 Å². The maximum absolute atomic E-state index is 4.68. The predicted molar refractivity (Wildman–Crippen MR) is 91.3 cm³/mol. The molecule has 21 heavy (non-hydrogen) atoms. The second-order valence-corrected chi connectivity index (χ2v) is 7.23. The summed E-state index contributed by atoms with van der Waals surface area (Å²) in [5.41, 5.74) is 0.421. The molecular weight excluding hydrogens is 280 g/mol. The number of thiophene rings is 1. The van der Waals surface area contributed by atoms with Crippen molar-refractivity contribution in [3.05, 3.63) is 11.4 Å². The SMILES string of the molecule is CCCNc1nc(NCC2(C)CCCC2)c2ccsc2n1. The van der Waals surface area contributed by atoms with Gasteiger partial charge >= 0.3 is 0 Å². The molecule has 1 aliphatic rings. The summed E-state index contributed by atoms with van der Waals surface area (Å²) in [5.74, 6) is 1.72. The van der Waals surface area contributed by atoms with E-state index in [4.69, 9.17) is 0 Å². The van der Waals surface area contributed by atoms with Crippen molar-refractivity contribution in [2.24, 2.45) is 5.41 Å². The maximum Gasteiger partial charge on any atom is 0.226 e. The Bertz CT molecular complexity index is 601. The van der Waals surface area contributed by atoms with Gasteiger partial charge in [-0.15, -0.1) is 11.3 Å². The van der Waals surface area contributed by atoms with Crippen molar-refractivity contribution in [1.82, 2.24) is 9.97 Å². The van der Waals surface area contributed by atoms with E-state index in [1.165, 1.54) is 25.7 Å². The minimum Gasteiger partial charge on any atom is -0.369 e. The van der Waals surface area contributed by atoms with Crippen LogP contribution in [0.4, 0.5) is 11.8 Å². The van der Waals surface area contributed by atoms with Gasteiger partial charge < -0.3 is 10.6 Å². The molecule has 3 rings (SSSR count). The van der Waals surface area contributed by atoms with Crippen LogP contribution in [0.2, 0.25) is 0 Å². The molecule has 114 valence electrons. The second-order valence-electron chi connectivity index (χ2n) is 6.33. The summed E-state index contributed by atoms with van der Waals surface area (Å²) < 4.78 is 0. The highest BCUT2D eigenvalue weighted by Gasteiger charge is 2.28. The largest absolute Gasteiger partial charge is 0.369 e. The predicted octanol–water partition coefficient (Wildman–Crippen LogP) is 4.51. The van der Waals surface area contributed by atoms with Crippen LogP contribution in [0.5, 0.6) is 0 Å². The summed E-state index contributed by atoms with van der Waals surface area (Å²) >= 11 is 1.68. The summed E-state index contributed by atoms with van der Waals surface area (Å²) in [4.78, 5) is 10.3. The minimum atomic E-state index is 0.421. The fourth-order valence-corrected chi connectivity index (χ4v) is 3.77. The van der Waals surface area contributed by atoms with Gasteiger partial charge in [0.25, 0.3) is 0 Å². The molecule has 2 heterocycles. The third-order valence-electron chi connectivity index (χ3n) is 4.35. The normalized spacial score (nSPS) is 17.2. The Morgan fingerprint density at radius 2 is 2.05 bits per heavy atom. The number of anilines is 2. The molecule has 0 unspecified atom stereocenters. The van der Waals surface area contributed by atoms with E-state index in [-0.39, 0.29) is 0 Å². The summed E-state index contributed by atoms with van der Waals surface area (Å²) in [5, 5.41) is 10.1. The van der Waals surface area contributed by atoms with E-state index in [9.17, 15) is 0 Å². The van der Waals surface area contributed by atoms with Gasteiger partial charge in [0.05, 0.1) is 5.39 Å². The molecule has 0 aliphatic heterocycles. The van der Waals surface area contributed by atoms with Crippen molar-refractivity contribution in [1.29, 1.82) is 0 Å². The van der Waals surface area contributed by atoms with Gasteiger partial charge in [0.15, 0.2) is 0 Å². The molecule has 2 aromatic rings. The maximum atomic E-state index is 4.68. The number of nitrogens with one attached hydrogen (secondary N) is 2. The molecule has 0 aromatic carbocycles. The molecule has 1 fully saturated rings. The first-order valence-corrected chi connectivity index (χ1v) is 8.81. The van der Waals surface area contributed by atoms with Gasteiger partial charge in [-0.05, 0) is 36.1 Å². The van der Waals surface area contributed by atoms with E-state index in [1.54, 1.807) is 11.3 Å². The van der Waals surface area contributed by atoms with Gasteiger partial charge in [0.2, 0.25) is 5.95 Å². The molecule has 2 aromatic heterocycles. The first-order chi connectivity index (χ1) is 10.2. The number of rotatable bonds is 6. The molecule has 0 radical (unpaired) electrons. The second kappa shape index (κ2) is 6.18. The first-order valence-electron chi connectivity index (χ1n) is 7.93. The fourth-order valence-electron chi connectivity index (χ4n) is 3.01. The van der Waals surface area contributed by atoms with E-state index < -0.39 is 0 Å². The molecule has 1 saturated carbocycles. The zero-order chi connectivity index (χ0) is 14.7. The highest BCUT2D eigenvalue weighted by molar-refractivity contribution is 7.16. The quantitative estimate of drug-likeness (QED) is 0.824. The molecule has 5 heteroatoms. The van der Waals surface area contributed by atoms with E-state index in [0.717, 1.165) is 41.5 Å². The highest BCUT2D eigenvalue weighted by atomic mass is 32.1. The number of hydrogen-bond donors (Lipinski definition) is 2. The van der Waals surface area contributed by atoms with Crippen LogP contribution in [0.25, 0.3) is 10.2 Å². The Kier molecular flexibility index (Phi) is 4.29. The lowest BCUT2D eigenvalue weighted by molar-refractivity contribution is 0.362. The number of aromatic nitrogens is 2. The molecule has 0 amide bonds. The van der Waals surface area contributed by atoms with Crippen LogP contribution < -0.4 is 10.6 Å². The lowest BCUT2D eigenvalue weighted by Gasteiger charge is -2.24. The molecule has 2 N–H and O–H groups in total. The first kappa shape index (κ1) is 14.6. The van der Waals surface area contributed by atoms with Gasteiger partial charge in [-0.1, -0.05) is 26.7 Å². The summed E-state index contributed by atoms with van der Waals surface area (Å²) in [6.07, 6.45) is 6.43. The third-order valence-corrected chi connectivity index (χ3v) is 5.16. The zero-order valence-corrected chi connectivity index (χ0v) is 13.7. The Labute approximate surface area is 130 Å². The Morgan fingerprint density at radius 1 is 1.24 bits per heavy atom. The number of hydrogen-bond acceptors (Lipinski definition) is 5. The van der Waals surface area contributed by atoms with E-state index in [2.05, 4.69) is 45.9 Å². The molecule has 0 spiro atoms. The van der Waals surface area contributed by atoms with E-state index in [0.29, 0.717) is 5.41 Å². The van der Waals surface area contributed by atoms with Crippen molar-refractivity contribution in [3.8, 4) is 0 Å². The van der Waals surface area contributed by atoms with Crippen LogP contribution >= 0.6 is 11.3 Å². The van der Waals surface area contributed by atoms with Gasteiger partial charge in [-0.25, -0.2) is 4.98 Å². The lowest BCUT2D eigenvalue weighted by atomic mass is 9.89. The Hall–Kier alpha value is -1.36.